The molecule has 0 amide bonds. The van der Waals surface area contributed by atoms with E-state index in [0.717, 1.165) is 19.3 Å². The van der Waals surface area contributed by atoms with E-state index in [0.29, 0.717) is 0 Å². The van der Waals surface area contributed by atoms with Crippen molar-refractivity contribution in [2.45, 2.75) is 90.5 Å². The summed E-state index contributed by atoms with van der Waals surface area (Å²) in [6.07, 6.45) is 12.2. The Labute approximate surface area is 102 Å². The second kappa shape index (κ2) is 10.1. The van der Waals surface area contributed by atoms with E-state index in [-0.39, 0.29) is 5.54 Å². The van der Waals surface area contributed by atoms with Gasteiger partial charge in [0.2, 0.25) is 0 Å². The van der Waals surface area contributed by atoms with E-state index in [1.54, 1.807) is 0 Å². The van der Waals surface area contributed by atoms with Crippen LogP contribution >= 0.6 is 0 Å². The third-order valence-corrected chi connectivity index (χ3v) is 3.83. The van der Waals surface area contributed by atoms with Gasteiger partial charge in [-0.15, -0.1) is 0 Å². The Kier molecular flexibility index (Phi) is 10.0. The first-order valence-electron chi connectivity index (χ1n) is 7.14. The third-order valence-electron chi connectivity index (χ3n) is 3.83. The molecule has 2 heteroatoms. The van der Waals surface area contributed by atoms with Gasteiger partial charge in [0.05, 0.1) is 0 Å². The zero-order valence-electron chi connectivity index (χ0n) is 11.5. The van der Waals surface area contributed by atoms with Crippen LogP contribution in [0.4, 0.5) is 0 Å². The van der Waals surface area contributed by atoms with E-state index in [2.05, 4.69) is 26.3 Å². The summed E-state index contributed by atoms with van der Waals surface area (Å²) >= 11 is 0. The molecule has 2 nitrogen and oxygen atoms in total. The second-order valence-electron chi connectivity index (χ2n) is 4.96. The van der Waals surface area contributed by atoms with Crippen LogP contribution in [0.15, 0.2) is 0 Å². The molecule has 98 valence electrons. The Morgan fingerprint density at radius 3 is 1.75 bits per heavy atom. The summed E-state index contributed by atoms with van der Waals surface area (Å²) in [5.74, 6) is 0. The molecule has 0 aliphatic heterocycles. The van der Waals surface area contributed by atoms with E-state index in [1.165, 1.54) is 44.9 Å². The molecule has 0 saturated carbocycles. The fourth-order valence-electron chi connectivity index (χ4n) is 2.22. The van der Waals surface area contributed by atoms with E-state index in [1.807, 2.05) is 0 Å². The molecule has 0 aliphatic rings. The number of unbranched alkanes of at least 4 members (excludes halogenated alkanes) is 6. The van der Waals surface area contributed by atoms with Gasteiger partial charge in [-0.25, -0.2) is 0 Å². The minimum absolute atomic E-state index is 0.135. The van der Waals surface area contributed by atoms with E-state index in [4.69, 9.17) is 0 Å². The summed E-state index contributed by atoms with van der Waals surface area (Å²) in [4.78, 5) is 0. The minimum Gasteiger partial charge on any atom is -0.787 e. The molecule has 0 saturated heterocycles. The molecular weight excluding hydrogens is 198 g/mol. The summed E-state index contributed by atoms with van der Waals surface area (Å²) < 4.78 is 0. The monoisotopic (exact) mass is 228 g/mol. The van der Waals surface area contributed by atoms with Crippen molar-refractivity contribution in [3.05, 3.63) is 5.21 Å². The lowest BCUT2D eigenvalue weighted by Crippen LogP contribution is -2.40. The largest absolute Gasteiger partial charge is 0.787 e. The van der Waals surface area contributed by atoms with Gasteiger partial charge >= 0.3 is 0 Å². The lowest BCUT2D eigenvalue weighted by Gasteiger charge is -2.37. The Morgan fingerprint density at radius 2 is 1.31 bits per heavy atom. The fourth-order valence-corrected chi connectivity index (χ4v) is 2.22. The van der Waals surface area contributed by atoms with Crippen LogP contribution in [0.25, 0.3) is 0 Å². The van der Waals surface area contributed by atoms with Crippen molar-refractivity contribution in [2.24, 2.45) is 0 Å². The molecule has 0 atom stereocenters. The van der Waals surface area contributed by atoms with Crippen LogP contribution in [0.2, 0.25) is 0 Å². The highest BCUT2D eigenvalue weighted by molar-refractivity contribution is 4.85. The van der Waals surface area contributed by atoms with E-state index in [9.17, 15) is 5.21 Å². The van der Waals surface area contributed by atoms with Crippen molar-refractivity contribution < 1.29 is 0 Å². The molecule has 0 aliphatic carbocycles. The maximum atomic E-state index is 11.0. The Morgan fingerprint density at radius 1 is 0.812 bits per heavy atom. The molecule has 0 aromatic heterocycles. The molecule has 16 heavy (non-hydrogen) atoms. The number of nitrogens with one attached hydrogen (secondary N) is 1. The molecule has 0 unspecified atom stereocenters. The number of rotatable bonds is 11. The minimum atomic E-state index is -0.135. The fraction of sp³-hybridized carbons (Fsp3) is 1.00. The summed E-state index contributed by atoms with van der Waals surface area (Å²) in [5, 5.41) is 11.0. The summed E-state index contributed by atoms with van der Waals surface area (Å²) in [5.41, 5.74) is 2.14. The topological polar surface area (TPSA) is 35.1 Å². The van der Waals surface area contributed by atoms with Crippen LogP contribution in [0.5, 0.6) is 0 Å². The van der Waals surface area contributed by atoms with Gasteiger partial charge in [-0.3, -0.25) is 0 Å². The molecule has 0 fully saturated rings. The van der Waals surface area contributed by atoms with Crippen LogP contribution in [-0.2, 0) is 0 Å². The number of hydrogen-bond acceptors (Lipinski definition) is 2. The predicted octanol–water partition coefficient (Wildman–Crippen LogP) is 4.77. The zero-order chi connectivity index (χ0) is 12.3. The summed E-state index contributed by atoms with van der Waals surface area (Å²) in [6.45, 7) is 6.46. The molecule has 0 aromatic rings. The summed E-state index contributed by atoms with van der Waals surface area (Å²) in [6, 6.07) is 0. The van der Waals surface area contributed by atoms with Crippen LogP contribution in [-0.4, -0.2) is 5.54 Å². The van der Waals surface area contributed by atoms with Gasteiger partial charge in [0, 0.05) is 5.54 Å². The Hall–Kier alpha value is -0.0800. The molecule has 0 aromatic carbocycles. The van der Waals surface area contributed by atoms with Crippen molar-refractivity contribution in [3.8, 4) is 0 Å². The lowest BCUT2D eigenvalue weighted by molar-refractivity contribution is 0.302. The smallest absolute Gasteiger partial charge is 0.00604 e. The molecule has 0 rings (SSSR count). The maximum absolute atomic E-state index is 11.0. The predicted molar refractivity (Wildman–Crippen MR) is 72.4 cm³/mol. The average molecular weight is 228 g/mol. The van der Waals surface area contributed by atoms with Gasteiger partial charge in [0.15, 0.2) is 0 Å². The third kappa shape index (κ3) is 6.49. The maximum Gasteiger partial charge on any atom is 0.00604 e. The standard InChI is InChI=1S/C14H30NO/c1-4-7-8-9-10-11-12-13-14(5-2,6-3)15-16/h15H,4-13H2,1-3H3/q-1. The van der Waals surface area contributed by atoms with Gasteiger partial charge in [-0.2, -0.15) is 0 Å². The lowest BCUT2D eigenvalue weighted by atomic mass is 9.87. The number of hydroxylamine groups is 1. The average Bonchev–Trinajstić information content (AvgIpc) is 2.34. The van der Waals surface area contributed by atoms with Gasteiger partial charge in [-0.1, -0.05) is 65.7 Å². The van der Waals surface area contributed by atoms with Crippen molar-refractivity contribution in [2.75, 3.05) is 0 Å². The molecule has 0 radical (unpaired) electrons. The second-order valence-corrected chi connectivity index (χ2v) is 4.96. The highest BCUT2D eigenvalue weighted by atomic mass is 16.5. The molecule has 0 spiro atoms. The van der Waals surface area contributed by atoms with Crippen LogP contribution < -0.4 is 5.48 Å². The molecule has 0 bridgehead atoms. The first kappa shape index (κ1) is 15.9. The Balaban J connectivity index is 3.48. The molecule has 0 heterocycles. The van der Waals surface area contributed by atoms with Crippen molar-refractivity contribution in [1.29, 1.82) is 0 Å². The highest BCUT2D eigenvalue weighted by Crippen LogP contribution is 2.23. The van der Waals surface area contributed by atoms with E-state index < -0.39 is 0 Å². The molecule has 1 N–H and O–H groups in total. The van der Waals surface area contributed by atoms with Gasteiger partial charge in [0.1, 0.15) is 0 Å². The van der Waals surface area contributed by atoms with Gasteiger partial charge in [-0.05, 0) is 19.3 Å². The Bertz CT molecular complexity index is 135. The normalized spacial score (nSPS) is 12.0. The van der Waals surface area contributed by atoms with Gasteiger partial charge in [0.25, 0.3) is 0 Å². The van der Waals surface area contributed by atoms with Gasteiger partial charge < -0.3 is 10.7 Å². The van der Waals surface area contributed by atoms with Crippen molar-refractivity contribution >= 4 is 0 Å². The number of hydrogen-bond donors (Lipinski definition) is 1. The first-order valence-corrected chi connectivity index (χ1v) is 7.14. The molecular formula is C14H30NO-. The summed E-state index contributed by atoms with van der Waals surface area (Å²) in [7, 11) is 0. The highest BCUT2D eigenvalue weighted by Gasteiger charge is 2.20. The van der Waals surface area contributed by atoms with Crippen LogP contribution in [0, 0.1) is 5.21 Å². The van der Waals surface area contributed by atoms with E-state index >= 15 is 0 Å². The zero-order valence-corrected chi connectivity index (χ0v) is 11.5. The van der Waals surface area contributed by atoms with Crippen molar-refractivity contribution in [3.63, 3.8) is 0 Å². The first-order chi connectivity index (χ1) is 7.74. The van der Waals surface area contributed by atoms with Crippen LogP contribution in [0.3, 0.4) is 0 Å². The van der Waals surface area contributed by atoms with Crippen LogP contribution in [0.1, 0.15) is 85.0 Å². The SMILES string of the molecule is CCCCCCCCCC(CC)(CC)N[O-]. The quantitative estimate of drug-likeness (QED) is 0.408. The van der Waals surface area contributed by atoms with Crippen molar-refractivity contribution in [1.82, 2.24) is 5.48 Å².